The first-order valence-electron chi connectivity index (χ1n) is 8.28. The number of carbonyl (C=O) groups excluding carboxylic acids is 1. The number of amides is 2. The maximum absolute atomic E-state index is 13.3. The maximum atomic E-state index is 13.3. The number of hydrogen-bond donors (Lipinski definition) is 2. The van der Waals surface area contributed by atoms with Gasteiger partial charge < -0.3 is 10.6 Å². The van der Waals surface area contributed by atoms with Crippen LogP contribution in [0.1, 0.15) is 29.9 Å². The van der Waals surface area contributed by atoms with Crippen molar-refractivity contribution >= 4 is 6.03 Å². The maximum Gasteiger partial charge on any atom is 0.315 e. The molecule has 3 aromatic rings. The molecular weight excluding hydrogens is 333 g/mol. The van der Waals surface area contributed by atoms with Crippen molar-refractivity contribution in [2.45, 2.75) is 26.4 Å². The SMILES string of the molecule is Cc1nccn1-c1ccc(CNC(=O)N[C@@H](C)c2cccc(F)c2)cn1. The summed E-state index contributed by atoms with van der Waals surface area (Å²) < 4.78 is 15.1. The molecule has 6 nitrogen and oxygen atoms in total. The number of pyridine rings is 1. The van der Waals surface area contributed by atoms with Crippen LogP contribution in [-0.4, -0.2) is 20.6 Å². The van der Waals surface area contributed by atoms with Crippen LogP contribution >= 0.6 is 0 Å². The van der Waals surface area contributed by atoms with Gasteiger partial charge >= 0.3 is 6.03 Å². The second-order valence-corrected chi connectivity index (χ2v) is 5.97. The average Bonchev–Trinajstić information content (AvgIpc) is 3.06. The Hall–Kier alpha value is -3.22. The van der Waals surface area contributed by atoms with E-state index in [1.165, 1.54) is 12.1 Å². The molecule has 2 N–H and O–H groups in total. The molecule has 134 valence electrons. The molecule has 0 radical (unpaired) electrons. The topological polar surface area (TPSA) is 71.8 Å². The Balaban J connectivity index is 1.54. The van der Waals surface area contributed by atoms with Crippen LogP contribution < -0.4 is 10.6 Å². The third kappa shape index (κ3) is 4.24. The normalized spacial score (nSPS) is 11.8. The molecular formula is C19H20FN5O. The minimum atomic E-state index is -0.323. The Kier molecular flexibility index (Phi) is 5.26. The van der Waals surface area contributed by atoms with Gasteiger partial charge in [0.1, 0.15) is 17.5 Å². The average molecular weight is 353 g/mol. The molecule has 0 saturated heterocycles. The zero-order valence-electron chi connectivity index (χ0n) is 14.6. The van der Waals surface area contributed by atoms with E-state index < -0.39 is 0 Å². The van der Waals surface area contributed by atoms with Crippen molar-refractivity contribution in [2.75, 3.05) is 0 Å². The van der Waals surface area contributed by atoms with Crippen molar-refractivity contribution in [3.8, 4) is 5.82 Å². The van der Waals surface area contributed by atoms with Gasteiger partial charge in [0.2, 0.25) is 0 Å². The predicted octanol–water partition coefficient (Wildman–Crippen LogP) is 3.28. The lowest BCUT2D eigenvalue weighted by atomic mass is 10.1. The predicted molar refractivity (Wildman–Crippen MR) is 96.3 cm³/mol. The number of rotatable bonds is 5. The molecule has 3 rings (SSSR count). The second-order valence-electron chi connectivity index (χ2n) is 5.97. The van der Waals surface area contributed by atoms with Gasteiger partial charge in [0.05, 0.1) is 6.04 Å². The van der Waals surface area contributed by atoms with Gasteiger partial charge in [-0.15, -0.1) is 0 Å². The first-order chi connectivity index (χ1) is 12.5. The lowest BCUT2D eigenvalue weighted by molar-refractivity contribution is 0.237. The highest BCUT2D eigenvalue weighted by Crippen LogP contribution is 2.13. The van der Waals surface area contributed by atoms with Gasteiger partial charge in [0.15, 0.2) is 0 Å². The Labute approximate surface area is 151 Å². The van der Waals surface area contributed by atoms with Gasteiger partial charge in [-0.2, -0.15) is 0 Å². The van der Waals surface area contributed by atoms with E-state index in [9.17, 15) is 9.18 Å². The van der Waals surface area contributed by atoms with E-state index in [1.54, 1.807) is 31.5 Å². The van der Waals surface area contributed by atoms with Crippen LogP contribution in [0.2, 0.25) is 0 Å². The number of aryl methyl sites for hydroxylation is 1. The van der Waals surface area contributed by atoms with Crippen molar-refractivity contribution in [1.82, 2.24) is 25.2 Å². The second kappa shape index (κ2) is 7.77. The molecule has 0 unspecified atom stereocenters. The number of carbonyl (C=O) groups is 1. The van der Waals surface area contributed by atoms with E-state index in [0.29, 0.717) is 12.1 Å². The molecule has 2 heterocycles. The summed E-state index contributed by atoms with van der Waals surface area (Å²) in [6.07, 6.45) is 5.28. The molecule has 1 aromatic carbocycles. The summed E-state index contributed by atoms with van der Waals surface area (Å²) in [5, 5.41) is 5.56. The van der Waals surface area contributed by atoms with Crippen LogP contribution in [0.15, 0.2) is 55.0 Å². The van der Waals surface area contributed by atoms with Crippen molar-refractivity contribution in [3.63, 3.8) is 0 Å². The highest BCUT2D eigenvalue weighted by Gasteiger charge is 2.10. The Morgan fingerprint density at radius 2 is 2.12 bits per heavy atom. The van der Waals surface area contributed by atoms with Crippen molar-refractivity contribution in [1.29, 1.82) is 0 Å². The fourth-order valence-electron chi connectivity index (χ4n) is 2.57. The number of hydrogen-bond acceptors (Lipinski definition) is 3. The highest BCUT2D eigenvalue weighted by atomic mass is 19.1. The summed E-state index contributed by atoms with van der Waals surface area (Å²) in [4.78, 5) is 20.6. The number of nitrogens with zero attached hydrogens (tertiary/aromatic N) is 3. The summed E-state index contributed by atoms with van der Waals surface area (Å²) in [5.41, 5.74) is 1.59. The monoisotopic (exact) mass is 353 g/mol. The number of urea groups is 1. The van der Waals surface area contributed by atoms with E-state index in [0.717, 1.165) is 17.2 Å². The zero-order valence-corrected chi connectivity index (χ0v) is 14.6. The Morgan fingerprint density at radius 1 is 1.27 bits per heavy atom. The van der Waals surface area contributed by atoms with Gasteiger partial charge in [-0.3, -0.25) is 4.57 Å². The minimum absolute atomic E-state index is 0.296. The molecule has 7 heteroatoms. The number of nitrogens with one attached hydrogen (secondary N) is 2. The van der Waals surface area contributed by atoms with Gasteiger partial charge in [0, 0.05) is 25.1 Å². The number of aromatic nitrogens is 3. The zero-order chi connectivity index (χ0) is 18.5. The fraction of sp³-hybridized carbons (Fsp3) is 0.211. The molecule has 0 saturated carbocycles. The Morgan fingerprint density at radius 3 is 2.77 bits per heavy atom. The fourth-order valence-corrected chi connectivity index (χ4v) is 2.57. The summed E-state index contributed by atoms with van der Waals surface area (Å²) in [6.45, 7) is 4.05. The molecule has 0 bridgehead atoms. The van der Waals surface area contributed by atoms with E-state index in [-0.39, 0.29) is 17.9 Å². The van der Waals surface area contributed by atoms with E-state index in [4.69, 9.17) is 0 Å². The standard InChI is InChI=1S/C19H20FN5O/c1-13(16-4-3-5-17(20)10-16)24-19(26)23-12-15-6-7-18(22-11-15)25-9-8-21-14(25)2/h3-11,13H,12H2,1-2H3,(H2,23,24,26)/t13-/m0/s1. The Bertz CT molecular complexity index is 891. The molecule has 2 amide bonds. The minimum Gasteiger partial charge on any atom is -0.334 e. The van der Waals surface area contributed by atoms with Crippen molar-refractivity contribution in [3.05, 3.63) is 77.8 Å². The van der Waals surface area contributed by atoms with E-state index >= 15 is 0 Å². The molecule has 0 fully saturated rings. The number of benzene rings is 1. The van der Waals surface area contributed by atoms with E-state index in [2.05, 4.69) is 20.6 Å². The van der Waals surface area contributed by atoms with Crippen LogP contribution in [-0.2, 0) is 6.54 Å². The van der Waals surface area contributed by atoms with Crippen LogP contribution in [0.25, 0.3) is 5.82 Å². The quantitative estimate of drug-likeness (QED) is 0.739. The molecule has 2 aromatic heterocycles. The third-order valence-electron chi connectivity index (χ3n) is 4.03. The van der Waals surface area contributed by atoms with Crippen LogP contribution in [0.5, 0.6) is 0 Å². The van der Waals surface area contributed by atoms with Gasteiger partial charge in [0.25, 0.3) is 0 Å². The molecule has 1 atom stereocenters. The van der Waals surface area contributed by atoms with Gasteiger partial charge in [-0.05, 0) is 43.2 Å². The van der Waals surface area contributed by atoms with Crippen molar-refractivity contribution in [2.24, 2.45) is 0 Å². The first-order valence-corrected chi connectivity index (χ1v) is 8.28. The number of imidazole rings is 1. The lowest BCUT2D eigenvalue weighted by Crippen LogP contribution is -2.36. The molecule has 0 aliphatic heterocycles. The first kappa shape index (κ1) is 17.6. The molecule has 0 aliphatic carbocycles. The van der Waals surface area contributed by atoms with Gasteiger partial charge in [-0.1, -0.05) is 18.2 Å². The van der Waals surface area contributed by atoms with Crippen molar-refractivity contribution < 1.29 is 9.18 Å². The van der Waals surface area contributed by atoms with Crippen LogP contribution in [0, 0.1) is 12.7 Å². The summed E-state index contributed by atoms with van der Waals surface area (Å²) in [7, 11) is 0. The summed E-state index contributed by atoms with van der Waals surface area (Å²) in [5.74, 6) is 1.30. The molecule has 26 heavy (non-hydrogen) atoms. The lowest BCUT2D eigenvalue weighted by Gasteiger charge is -2.15. The molecule has 0 spiro atoms. The van der Waals surface area contributed by atoms with E-state index in [1.807, 2.05) is 29.8 Å². The third-order valence-corrected chi connectivity index (χ3v) is 4.03. The molecule has 0 aliphatic rings. The largest absolute Gasteiger partial charge is 0.334 e. The highest BCUT2D eigenvalue weighted by molar-refractivity contribution is 5.74. The van der Waals surface area contributed by atoms with Crippen LogP contribution in [0.4, 0.5) is 9.18 Å². The smallest absolute Gasteiger partial charge is 0.315 e. The van der Waals surface area contributed by atoms with Crippen LogP contribution in [0.3, 0.4) is 0 Å². The van der Waals surface area contributed by atoms with Gasteiger partial charge in [-0.25, -0.2) is 19.2 Å². The summed E-state index contributed by atoms with van der Waals surface area (Å²) in [6, 6.07) is 9.33. The summed E-state index contributed by atoms with van der Waals surface area (Å²) >= 11 is 0. The number of halogens is 1.